The zero-order chi connectivity index (χ0) is 22.0. The molecule has 1 unspecified atom stereocenters. The van der Waals surface area contributed by atoms with Gasteiger partial charge in [0.1, 0.15) is 5.69 Å². The second kappa shape index (κ2) is 8.58. The standard InChI is InChI=1S/C18H20F2N8O.C2H6/c1-29-14-6-15-23-8-13(28(15)26-16(14)27-9-18(19,20)10-27)12-3-5-22-17(25-12)24-11-2-4-21-7-11;1-2/h3,5-6,8,11,21H,2,4,7,9-10H2,1H3,(H,22,24,25);1-2H3. The molecule has 0 aliphatic carbocycles. The number of alkyl halides is 2. The number of fused-ring (bicyclic) bond motifs is 1. The number of rotatable bonds is 5. The van der Waals surface area contributed by atoms with E-state index < -0.39 is 5.92 Å². The van der Waals surface area contributed by atoms with Crippen LogP contribution in [0.4, 0.5) is 20.5 Å². The Morgan fingerprint density at radius 1 is 1.26 bits per heavy atom. The first-order valence-electron chi connectivity index (χ1n) is 10.4. The van der Waals surface area contributed by atoms with E-state index in [4.69, 9.17) is 4.74 Å². The van der Waals surface area contributed by atoms with E-state index in [1.807, 2.05) is 13.8 Å². The Morgan fingerprint density at radius 3 is 2.74 bits per heavy atom. The number of anilines is 2. The lowest BCUT2D eigenvalue weighted by Gasteiger charge is -2.39. The summed E-state index contributed by atoms with van der Waals surface area (Å²) in [7, 11) is 1.49. The first-order valence-corrected chi connectivity index (χ1v) is 10.4. The summed E-state index contributed by atoms with van der Waals surface area (Å²) in [5, 5.41) is 11.1. The van der Waals surface area contributed by atoms with Crippen LogP contribution < -0.4 is 20.3 Å². The first kappa shape index (κ1) is 21.2. The molecule has 2 fully saturated rings. The van der Waals surface area contributed by atoms with E-state index in [9.17, 15) is 8.78 Å². The summed E-state index contributed by atoms with van der Waals surface area (Å²) in [6, 6.07) is 3.74. The third-order valence-corrected chi connectivity index (χ3v) is 5.11. The van der Waals surface area contributed by atoms with Crippen LogP contribution >= 0.6 is 0 Å². The molecular weight excluding hydrogens is 406 g/mol. The molecule has 0 amide bonds. The maximum absolute atomic E-state index is 13.4. The molecule has 2 N–H and O–H groups in total. The number of aromatic nitrogens is 5. The van der Waals surface area contributed by atoms with Crippen LogP contribution in [0.2, 0.25) is 0 Å². The van der Waals surface area contributed by atoms with Gasteiger partial charge in [0, 0.05) is 24.8 Å². The van der Waals surface area contributed by atoms with Crippen LogP contribution in [0.15, 0.2) is 24.5 Å². The highest BCUT2D eigenvalue weighted by molar-refractivity contribution is 5.65. The predicted octanol–water partition coefficient (Wildman–Crippen LogP) is 2.45. The molecule has 31 heavy (non-hydrogen) atoms. The van der Waals surface area contributed by atoms with E-state index in [1.165, 1.54) is 12.0 Å². The van der Waals surface area contributed by atoms with E-state index in [-0.39, 0.29) is 19.1 Å². The maximum Gasteiger partial charge on any atom is 0.282 e. The largest absolute Gasteiger partial charge is 0.493 e. The molecule has 1 atom stereocenters. The van der Waals surface area contributed by atoms with Gasteiger partial charge in [-0.15, -0.1) is 5.10 Å². The molecule has 2 aliphatic heterocycles. The van der Waals surface area contributed by atoms with Gasteiger partial charge in [-0.3, -0.25) is 0 Å². The molecule has 3 aromatic heterocycles. The molecule has 9 nitrogen and oxygen atoms in total. The van der Waals surface area contributed by atoms with Gasteiger partial charge in [-0.1, -0.05) is 13.8 Å². The molecule has 0 radical (unpaired) electrons. The Hall–Kier alpha value is -3.08. The molecule has 0 aromatic carbocycles. The van der Waals surface area contributed by atoms with Gasteiger partial charge in [-0.2, -0.15) is 0 Å². The van der Waals surface area contributed by atoms with Crippen LogP contribution in [0.3, 0.4) is 0 Å². The lowest BCUT2D eigenvalue weighted by Crippen LogP contribution is -2.56. The van der Waals surface area contributed by atoms with Gasteiger partial charge in [0.2, 0.25) is 5.95 Å². The van der Waals surface area contributed by atoms with Crippen molar-refractivity contribution in [3.8, 4) is 17.1 Å². The predicted molar refractivity (Wildman–Crippen MR) is 114 cm³/mol. The minimum Gasteiger partial charge on any atom is -0.493 e. The maximum atomic E-state index is 13.4. The highest BCUT2D eigenvalue weighted by Crippen LogP contribution is 2.36. The van der Waals surface area contributed by atoms with Crippen LogP contribution in [0.1, 0.15) is 20.3 Å². The fourth-order valence-corrected chi connectivity index (χ4v) is 3.63. The zero-order valence-electron chi connectivity index (χ0n) is 17.8. The molecule has 0 spiro atoms. The van der Waals surface area contributed by atoms with Gasteiger partial charge in [-0.25, -0.2) is 28.2 Å². The van der Waals surface area contributed by atoms with Crippen molar-refractivity contribution in [2.24, 2.45) is 0 Å². The molecule has 2 aliphatic rings. The number of halogens is 2. The molecule has 2 saturated heterocycles. The monoisotopic (exact) mass is 432 g/mol. The minimum absolute atomic E-state index is 0.287. The van der Waals surface area contributed by atoms with Gasteiger partial charge >= 0.3 is 0 Å². The summed E-state index contributed by atoms with van der Waals surface area (Å²) in [5.41, 5.74) is 1.82. The van der Waals surface area contributed by atoms with Crippen molar-refractivity contribution in [1.29, 1.82) is 0 Å². The van der Waals surface area contributed by atoms with Crippen molar-refractivity contribution in [2.75, 3.05) is 43.5 Å². The normalized spacial score (nSPS) is 19.5. The number of nitrogens with one attached hydrogen (secondary N) is 2. The Morgan fingerprint density at radius 2 is 2.06 bits per heavy atom. The summed E-state index contributed by atoms with van der Waals surface area (Å²) >= 11 is 0. The smallest absolute Gasteiger partial charge is 0.282 e. The van der Waals surface area contributed by atoms with E-state index in [0.29, 0.717) is 34.6 Å². The van der Waals surface area contributed by atoms with E-state index >= 15 is 0 Å². The summed E-state index contributed by atoms with van der Waals surface area (Å²) in [6.45, 7) is 5.06. The van der Waals surface area contributed by atoms with Crippen LogP contribution in [-0.2, 0) is 0 Å². The van der Waals surface area contributed by atoms with Crippen LogP contribution in [-0.4, -0.2) is 69.8 Å². The van der Waals surface area contributed by atoms with Gasteiger partial charge in [0.05, 0.1) is 32.1 Å². The second-order valence-corrected chi connectivity index (χ2v) is 7.26. The van der Waals surface area contributed by atoms with Crippen LogP contribution in [0, 0.1) is 0 Å². The third-order valence-electron chi connectivity index (χ3n) is 5.11. The average molecular weight is 432 g/mol. The fraction of sp³-hybridized carbons (Fsp3) is 0.500. The number of nitrogens with zero attached hydrogens (tertiary/aromatic N) is 6. The number of hydrogen-bond acceptors (Lipinski definition) is 8. The molecule has 166 valence electrons. The number of methoxy groups -OCH3 is 1. The van der Waals surface area contributed by atoms with Crippen molar-refractivity contribution in [3.05, 3.63) is 24.5 Å². The summed E-state index contributed by atoms with van der Waals surface area (Å²) in [6.07, 6.45) is 4.33. The first-order chi connectivity index (χ1) is 15.0. The summed E-state index contributed by atoms with van der Waals surface area (Å²) in [4.78, 5) is 14.7. The lowest BCUT2D eigenvalue weighted by molar-refractivity contribution is -0.0270. The molecule has 5 heterocycles. The van der Waals surface area contributed by atoms with Crippen molar-refractivity contribution in [2.45, 2.75) is 32.2 Å². The highest BCUT2D eigenvalue weighted by atomic mass is 19.3. The van der Waals surface area contributed by atoms with Crippen LogP contribution in [0.5, 0.6) is 5.75 Å². The topological polar surface area (TPSA) is 92.5 Å². The van der Waals surface area contributed by atoms with Gasteiger partial charge in [0.25, 0.3) is 5.92 Å². The molecule has 0 saturated carbocycles. The van der Waals surface area contributed by atoms with E-state index in [0.717, 1.165) is 19.5 Å². The second-order valence-electron chi connectivity index (χ2n) is 7.26. The SMILES string of the molecule is CC.COc1cc2ncc(-c3ccnc(NC4CCNC4)n3)n2nc1N1CC(F)(F)C1. The van der Waals surface area contributed by atoms with E-state index in [2.05, 4.69) is 30.7 Å². The number of imidazole rings is 1. The van der Waals surface area contributed by atoms with Gasteiger partial charge < -0.3 is 20.3 Å². The zero-order valence-corrected chi connectivity index (χ0v) is 17.8. The number of ether oxygens (including phenoxy) is 1. The average Bonchev–Trinajstić information content (AvgIpc) is 3.42. The summed E-state index contributed by atoms with van der Waals surface area (Å²) < 4.78 is 33.7. The summed E-state index contributed by atoms with van der Waals surface area (Å²) in [5.74, 6) is -1.41. The van der Waals surface area contributed by atoms with E-state index in [1.54, 1.807) is 29.0 Å². The quantitative estimate of drug-likeness (QED) is 0.635. The minimum atomic E-state index is -2.71. The molecular formula is C20H26F2N8O. The lowest BCUT2D eigenvalue weighted by atomic mass is 10.1. The highest BCUT2D eigenvalue weighted by Gasteiger charge is 2.45. The van der Waals surface area contributed by atoms with Crippen molar-refractivity contribution < 1.29 is 13.5 Å². The number of hydrogen-bond donors (Lipinski definition) is 2. The molecule has 5 rings (SSSR count). The van der Waals surface area contributed by atoms with Crippen molar-refractivity contribution >= 4 is 17.4 Å². The third kappa shape index (κ3) is 4.22. The Balaban J connectivity index is 0.00000112. The van der Waals surface area contributed by atoms with Crippen molar-refractivity contribution in [1.82, 2.24) is 29.9 Å². The fourth-order valence-electron chi connectivity index (χ4n) is 3.63. The van der Waals surface area contributed by atoms with Crippen LogP contribution in [0.25, 0.3) is 17.0 Å². The molecule has 3 aromatic rings. The Bertz CT molecular complexity index is 1040. The molecule has 0 bridgehead atoms. The van der Waals surface area contributed by atoms with Crippen molar-refractivity contribution in [3.63, 3.8) is 0 Å². The van der Waals surface area contributed by atoms with Gasteiger partial charge in [0.15, 0.2) is 17.2 Å². The Labute approximate surface area is 178 Å². The van der Waals surface area contributed by atoms with Gasteiger partial charge in [-0.05, 0) is 19.0 Å². The Kier molecular flexibility index (Phi) is 5.86. The molecule has 11 heteroatoms.